The predicted molar refractivity (Wildman–Crippen MR) is 105 cm³/mol. The summed E-state index contributed by atoms with van der Waals surface area (Å²) < 4.78 is 13.6. The Morgan fingerprint density at radius 1 is 1.11 bits per heavy atom. The van der Waals surface area contributed by atoms with Crippen molar-refractivity contribution in [2.45, 2.75) is 52.6 Å². The van der Waals surface area contributed by atoms with E-state index in [-0.39, 0.29) is 11.9 Å². The summed E-state index contributed by atoms with van der Waals surface area (Å²) >= 11 is 0. The number of nitrogens with zero attached hydrogens (tertiary/aromatic N) is 2. The summed E-state index contributed by atoms with van der Waals surface area (Å²) in [6.07, 6.45) is 2.00. The SMILES string of the molecule is Cc1cc(C(=O)N2CCCC2c2ccc3c(c2)OCCO3)c(C)n1C(C)C. The molecule has 5 heteroatoms. The molecule has 0 N–H and O–H groups in total. The topological polar surface area (TPSA) is 43.7 Å². The largest absolute Gasteiger partial charge is 0.486 e. The number of rotatable bonds is 3. The Balaban J connectivity index is 1.64. The highest BCUT2D eigenvalue weighted by molar-refractivity contribution is 5.96. The van der Waals surface area contributed by atoms with Gasteiger partial charge < -0.3 is 18.9 Å². The summed E-state index contributed by atoms with van der Waals surface area (Å²) in [7, 11) is 0. The van der Waals surface area contributed by atoms with Crippen molar-refractivity contribution < 1.29 is 14.3 Å². The van der Waals surface area contributed by atoms with Crippen molar-refractivity contribution in [1.82, 2.24) is 9.47 Å². The van der Waals surface area contributed by atoms with E-state index in [1.54, 1.807) is 0 Å². The summed E-state index contributed by atoms with van der Waals surface area (Å²) in [5.74, 6) is 1.71. The van der Waals surface area contributed by atoms with Crippen LogP contribution in [-0.2, 0) is 0 Å². The second-order valence-electron chi connectivity index (χ2n) is 7.81. The lowest BCUT2D eigenvalue weighted by atomic mass is 10.0. The van der Waals surface area contributed by atoms with E-state index in [1.165, 1.54) is 0 Å². The lowest BCUT2D eigenvalue weighted by molar-refractivity contribution is 0.0734. The first-order valence-corrected chi connectivity index (χ1v) is 9.86. The number of hydrogen-bond donors (Lipinski definition) is 0. The minimum Gasteiger partial charge on any atom is -0.486 e. The fraction of sp³-hybridized carbons (Fsp3) is 0.500. The van der Waals surface area contributed by atoms with Crippen LogP contribution in [0.15, 0.2) is 24.3 Å². The smallest absolute Gasteiger partial charge is 0.256 e. The molecule has 1 unspecified atom stereocenters. The molecule has 0 radical (unpaired) electrons. The molecule has 3 heterocycles. The van der Waals surface area contributed by atoms with E-state index < -0.39 is 0 Å². The van der Waals surface area contributed by atoms with Gasteiger partial charge in [0.25, 0.3) is 5.91 Å². The molecule has 5 nitrogen and oxygen atoms in total. The molecule has 0 bridgehead atoms. The maximum Gasteiger partial charge on any atom is 0.256 e. The standard InChI is InChI=1S/C22H28N2O3/c1-14(2)24-15(3)12-18(16(24)4)22(25)23-9-5-6-19(23)17-7-8-20-21(13-17)27-11-10-26-20/h7-8,12-14,19H,5-6,9-11H2,1-4H3. The van der Waals surface area contributed by atoms with Crippen molar-refractivity contribution in [2.75, 3.05) is 19.8 Å². The highest BCUT2D eigenvalue weighted by Gasteiger charge is 2.33. The number of hydrogen-bond acceptors (Lipinski definition) is 3. The van der Waals surface area contributed by atoms with Crippen LogP contribution in [0.1, 0.15) is 66.1 Å². The van der Waals surface area contributed by atoms with Crippen molar-refractivity contribution in [3.63, 3.8) is 0 Å². The summed E-state index contributed by atoms with van der Waals surface area (Å²) in [6.45, 7) is 10.4. The number of ether oxygens (including phenoxy) is 2. The zero-order valence-electron chi connectivity index (χ0n) is 16.6. The van der Waals surface area contributed by atoms with E-state index in [4.69, 9.17) is 9.47 Å². The second-order valence-corrected chi connectivity index (χ2v) is 7.81. The molecule has 27 heavy (non-hydrogen) atoms. The molecule has 144 valence electrons. The molecule has 2 aromatic rings. The fourth-order valence-corrected chi connectivity index (χ4v) is 4.57. The van der Waals surface area contributed by atoms with Crippen molar-refractivity contribution >= 4 is 5.91 Å². The molecule has 0 saturated carbocycles. The Bertz CT molecular complexity index is 869. The van der Waals surface area contributed by atoms with Gasteiger partial charge in [-0.2, -0.15) is 0 Å². The third-order valence-corrected chi connectivity index (χ3v) is 5.70. The molecule has 0 aliphatic carbocycles. The van der Waals surface area contributed by atoms with Gasteiger partial charge in [-0.15, -0.1) is 0 Å². The van der Waals surface area contributed by atoms with Gasteiger partial charge in [0.1, 0.15) is 13.2 Å². The number of benzene rings is 1. The minimum absolute atomic E-state index is 0.0930. The van der Waals surface area contributed by atoms with E-state index in [2.05, 4.69) is 38.3 Å². The summed E-state index contributed by atoms with van der Waals surface area (Å²) in [4.78, 5) is 15.4. The van der Waals surface area contributed by atoms with Crippen LogP contribution in [0.25, 0.3) is 0 Å². The van der Waals surface area contributed by atoms with Crippen molar-refractivity contribution in [3.8, 4) is 11.5 Å². The normalized spacial score (nSPS) is 19.0. The summed E-state index contributed by atoms with van der Waals surface area (Å²) in [5.41, 5.74) is 4.15. The first-order chi connectivity index (χ1) is 13.0. The van der Waals surface area contributed by atoms with Gasteiger partial charge in [0.2, 0.25) is 0 Å². The average Bonchev–Trinajstić information content (AvgIpc) is 3.25. The van der Waals surface area contributed by atoms with E-state index >= 15 is 0 Å². The molecule has 1 fully saturated rings. The molecular formula is C22H28N2O3. The first kappa shape index (κ1) is 18.0. The van der Waals surface area contributed by atoms with Crippen molar-refractivity contribution in [3.05, 3.63) is 46.8 Å². The molecule has 4 rings (SSSR count). The summed E-state index contributed by atoms with van der Waals surface area (Å²) in [5, 5.41) is 0. The van der Waals surface area contributed by atoms with E-state index in [0.717, 1.165) is 53.4 Å². The quantitative estimate of drug-likeness (QED) is 0.805. The zero-order chi connectivity index (χ0) is 19.1. The maximum atomic E-state index is 13.4. The van der Waals surface area contributed by atoms with Gasteiger partial charge in [0.15, 0.2) is 11.5 Å². The monoisotopic (exact) mass is 368 g/mol. The lowest BCUT2D eigenvalue weighted by Crippen LogP contribution is -2.31. The molecule has 1 amide bonds. The van der Waals surface area contributed by atoms with Gasteiger partial charge >= 0.3 is 0 Å². The number of likely N-dealkylation sites (tertiary alicyclic amines) is 1. The van der Waals surface area contributed by atoms with E-state index in [1.807, 2.05) is 23.1 Å². The molecule has 0 spiro atoms. The van der Waals surface area contributed by atoms with Crippen molar-refractivity contribution in [1.29, 1.82) is 0 Å². The van der Waals surface area contributed by atoms with Gasteiger partial charge in [-0.3, -0.25) is 4.79 Å². The first-order valence-electron chi connectivity index (χ1n) is 9.86. The zero-order valence-corrected chi connectivity index (χ0v) is 16.6. The summed E-state index contributed by atoms with van der Waals surface area (Å²) in [6, 6.07) is 8.56. The second kappa shape index (κ2) is 6.95. The minimum atomic E-state index is 0.0930. The van der Waals surface area contributed by atoms with Crippen LogP contribution in [0.2, 0.25) is 0 Å². The molecule has 2 aliphatic heterocycles. The van der Waals surface area contributed by atoms with E-state index in [9.17, 15) is 4.79 Å². The number of aromatic nitrogens is 1. The highest BCUT2D eigenvalue weighted by Crippen LogP contribution is 2.39. The Morgan fingerprint density at radius 3 is 2.56 bits per heavy atom. The Hall–Kier alpha value is -2.43. The molecule has 1 aromatic carbocycles. The van der Waals surface area contributed by atoms with Crippen molar-refractivity contribution in [2.24, 2.45) is 0 Å². The Kier molecular flexibility index (Phi) is 4.62. The van der Waals surface area contributed by atoms with Crippen LogP contribution in [-0.4, -0.2) is 35.1 Å². The van der Waals surface area contributed by atoms with Gasteiger partial charge in [0.05, 0.1) is 11.6 Å². The maximum absolute atomic E-state index is 13.4. The molecule has 1 atom stereocenters. The van der Waals surface area contributed by atoms with E-state index in [0.29, 0.717) is 19.3 Å². The molecule has 1 aromatic heterocycles. The van der Waals surface area contributed by atoms with Crippen LogP contribution >= 0.6 is 0 Å². The van der Waals surface area contributed by atoms with Gasteiger partial charge in [-0.1, -0.05) is 6.07 Å². The van der Waals surface area contributed by atoms with Crippen LogP contribution in [0.4, 0.5) is 0 Å². The van der Waals surface area contributed by atoms with Gasteiger partial charge in [-0.05, 0) is 64.3 Å². The third-order valence-electron chi connectivity index (χ3n) is 5.70. The van der Waals surface area contributed by atoms with Crippen LogP contribution in [0.5, 0.6) is 11.5 Å². The lowest BCUT2D eigenvalue weighted by Gasteiger charge is -2.27. The predicted octanol–water partition coefficient (Wildman–Crippen LogP) is 4.43. The third kappa shape index (κ3) is 3.09. The molecule has 2 aliphatic rings. The number of carbonyl (C=O) groups excluding carboxylic acids is 1. The molecule has 1 saturated heterocycles. The van der Waals surface area contributed by atoms with Crippen LogP contribution < -0.4 is 9.47 Å². The Morgan fingerprint density at radius 2 is 1.85 bits per heavy atom. The Labute approximate surface area is 160 Å². The average molecular weight is 368 g/mol. The number of carbonyl (C=O) groups is 1. The number of amides is 1. The highest BCUT2D eigenvalue weighted by atomic mass is 16.6. The number of fused-ring (bicyclic) bond motifs is 1. The fourth-order valence-electron chi connectivity index (χ4n) is 4.57. The molecular weight excluding hydrogens is 340 g/mol. The van der Waals surface area contributed by atoms with Gasteiger partial charge in [-0.25, -0.2) is 0 Å². The van der Waals surface area contributed by atoms with Crippen LogP contribution in [0, 0.1) is 13.8 Å². The van der Waals surface area contributed by atoms with Gasteiger partial charge in [0, 0.05) is 24.0 Å². The number of aryl methyl sites for hydroxylation is 1. The van der Waals surface area contributed by atoms with Crippen LogP contribution in [0.3, 0.4) is 0 Å².